The van der Waals surface area contributed by atoms with E-state index in [-0.39, 0.29) is 0 Å². The number of aromatic nitrogens is 3. The van der Waals surface area contributed by atoms with E-state index in [1.54, 1.807) is 0 Å². The zero-order chi connectivity index (χ0) is 17.2. The zero-order valence-corrected chi connectivity index (χ0v) is 15.2. The molecule has 0 unspecified atom stereocenters. The number of ether oxygens (including phenoxy) is 1. The maximum absolute atomic E-state index is 6.66. The van der Waals surface area contributed by atoms with Gasteiger partial charge >= 0.3 is 0 Å². The first kappa shape index (κ1) is 16.6. The van der Waals surface area contributed by atoms with E-state index in [0.29, 0.717) is 6.04 Å². The smallest absolute Gasteiger partial charge is 0.0954 e. The van der Waals surface area contributed by atoms with E-state index in [4.69, 9.17) is 16.3 Å². The summed E-state index contributed by atoms with van der Waals surface area (Å²) in [5, 5.41) is 1.81. The van der Waals surface area contributed by atoms with Gasteiger partial charge in [-0.1, -0.05) is 36.7 Å². The molecule has 0 amide bonds. The van der Waals surface area contributed by atoms with E-state index in [9.17, 15) is 0 Å². The molecule has 1 fully saturated rings. The number of rotatable bonds is 5. The fourth-order valence-electron chi connectivity index (χ4n) is 3.57. The van der Waals surface area contributed by atoms with E-state index in [1.165, 1.54) is 0 Å². The van der Waals surface area contributed by atoms with Crippen LogP contribution in [-0.4, -0.2) is 52.3 Å². The van der Waals surface area contributed by atoms with Crippen molar-refractivity contribution in [1.29, 1.82) is 0 Å². The Bertz CT molecular complexity index is 850. The van der Waals surface area contributed by atoms with Crippen molar-refractivity contribution in [3.05, 3.63) is 41.8 Å². The lowest BCUT2D eigenvalue weighted by Gasteiger charge is -2.31. The van der Waals surface area contributed by atoms with Gasteiger partial charge in [-0.3, -0.25) is 4.90 Å². The van der Waals surface area contributed by atoms with Gasteiger partial charge in [0.25, 0.3) is 0 Å². The molecule has 5 nitrogen and oxygen atoms in total. The van der Waals surface area contributed by atoms with E-state index in [1.807, 2.05) is 30.7 Å². The van der Waals surface area contributed by atoms with Crippen molar-refractivity contribution in [2.24, 2.45) is 0 Å². The van der Waals surface area contributed by atoms with Gasteiger partial charge < -0.3 is 14.3 Å². The van der Waals surface area contributed by atoms with Crippen molar-refractivity contribution >= 4 is 22.5 Å². The van der Waals surface area contributed by atoms with Crippen molar-refractivity contribution in [3.63, 3.8) is 0 Å². The highest BCUT2D eigenvalue weighted by atomic mass is 35.5. The Morgan fingerprint density at radius 1 is 1.28 bits per heavy atom. The summed E-state index contributed by atoms with van der Waals surface area (Å²) in [6.07, 6.45) is 4.86. The minimum absolute atomic E-state index is 0.359. The summed E-state index contributed by atoms with van der Waals surface area (Å²) in [7, 11) is 0. The Morgan fingerprint density at radius 3 is 2.84 bits per heavy atom. The molecule has 1 aliphatic heterocycles. The molecule has 1 aromatic carbocycles. The number of hydrogen-bond donors (Lipinski definition) is 1. The highest BCUT2D eigenvalue weighted by Gasteiger charge is 2.21. The van der Waals surface area contributed by atoms with Crippen molar-refractivity contribution in [2.75, 3.05) is 32.8 Å². The number of nitrogens with one attached hydrogen (secondary N) is 1. The first-order chi connectivity index (χ1) is 12.3. The number of morpholine rings is 1. The predicted octanol–water partition coefficient (Wildman–Crippen LogP) is 3.97. The maximum Gasteiger partial charge on any atom is 0.0954 e. The first-order valence-corrected chi connectivity index (χ1v) is 9.24. The van der Waals surface area contributed by atoms with Crippen LogP contribution in [0.25, 0.3) is 22.3 Å². The number of H-pyrrole nitrogens is 1. The van der Waals surface area contributed by atoms with E-state index >= 15 is 0 Å². The van der Waals surface area contributed by atoms with E-state index < -0.39 is 0 Å². The van der Waals surface area contributed by atoms with Crippen LogP contribution in [0.5, 0.6) is 0 Å². The molecule has 2 aromatic heterocycles. The molecule has 6 heteroatoms. The van der Waals surface area contributed by atoms with Gasteiger partial charge in [-0.25, -0.2) is 4.98 Å². The Kier molecular flexibility index (Phi) is 4.79. The molecule has 0 radical (unpaired) electrons. The Morgan fingerprint density at radius 2 is 2.08 bits per heavy atom. The monoisotopic (exact) mass is 358 g/mol. The van der Waals surface area contributed by atoms with Gasteiger partial charge in [0.05, 0.1) is 42.1 Å². The highest BCUT2D eigenvalue weighted by molar-refractivity contribution is 6.38. The molecule has 0 saturated carbocycles. The van der Waals surface area contributed by atoms with Gasteiger partial charge in [-0.05, 0) is 12.5 Å². The summed E-state index contributed by atoms with van der Waals surface area (Å²) in [5.74, 6) is 0. The summed E-state index contributed by atoms with van der Waals surface area (Å²) in [6.45, 7) is 6.85. The lowest BCUT2D eigenvalue weighted by Crippen LogP contribution is -2.39. The summed E-state index contributed by atoms with van der Waals surface area (Å²) >= 11 is 6.66. The van der Waals surface area contributed by atoms with Crippen LogP contribution in [0.3, 0.4) is 0 Å². The molecule has 0 spiro atoms. The molecule has 132 valence electrons. The van der Waals surface area contributed by atoms with Gasteiger partial charge in [0, 0.05) is 36.6 Å². The van der Waals surface area contributed by atoms with Gasteiger partial charge in [0.2, 0.25) is 0 Å². The lowest BCUT2D eigenvalue weighted by molar-refractivity contribution is 0.0313. The van der Waals surface area contributed by atoms with Crippen molar-refractivity contribution in [2.45, 2.75) is 19.4 Å². The summed E-state index contributed by atoms with van der Waals surface area (Å²) in [6, 6.07) is 8.48. The molecule has 1 atom stereocenters. The van der Waals surface area contributed by atoms with E-state index in [0.717, 1.165) is 66.6 Å². The van der Waals surface area contributed by atoms with Gasteiger partial charge in [-0.15, -0.1) is 0 Å². The number of para-hydroxylation sites is 1. The molecular formula is C19H23ClN4O. The topological polar surface area (TPSA) is 46.1 Å². The molecule has 0 aliphatic carbocycles. The molecule has 1 N–H and O–H groups in total. The quantitative estimate of drug-likeness (QED) is 0.750. The number of aromatic amines is 1. The fraction of sp³-hybridized carbons (Fsp3) is 0.421. The van der Waals surface area contributed by atoms with Gasteiger partial charge in [0.1, 0.15) is 0 Å². The van der Waals surface area contributed by atoms with Crippen LogP contribution < -0.4 is 0 Å². The average molecular weight is 359 g/mol. The summed E-state index contributed by atoms with van der Waals surface area (Å²) < 4.78 is 7.72. The second-order valence-electron chi connectivity index (χ2n) is 6.52. The van der Waals surface area contributed by atoms with Crippen LogP contribution in [0.1, 0.15) is 19.4 Å². The SMILES string of the molecule is CC[C@@H](CN1CCOCC1)n1cncc1-c1[nH]c2ccccc2c1Cl. The maximum atomic E-state index is 6.66. The molecule has 4 rings (SSSR count). The van der Waals surface area contributed by atoms with Crippen molar-refractivity contribution < 1.29 is 4.74 Å². The lowest BCUT2D eigenvalue weighted by atomic mass is 10.1. The van der Waals surface area contributed by atoms with Gasteiger partial charge in [-0.2, -0.15) is 0 Å². The molecule has 1 aliphatic rings. The number of nitrogens with zero attached hydrogens (tertiary/aromatic N) is 3. The predicted molar refractivity (Wildman–Crippen MR) is 101 cm³/mol. The number of imidazole rings is 1. The fourth-order valence-corrected chi connectivity index (χ4v) is 3.88. The summed E-state index contributed by atoms with van der Waals surface area (Å²) in [5.41, 5.74) is 3.04. The Labute approximate surface area is 152 Å². The third-order valence-corrected chi connectivity index (χ3v) is 5.39. The van der Waals surface area contributed by atoms with Crippen LogP contribution in [0.15, 0.2) is 36.8 Å². The minimum Gasteiger partial charge on any atom is -0.379 e. The second kappa shape index (κ2) is 7.20. The van der Waals surface area contributed by atoms with Crippen molar-refractivity contribution in [1.82, 2.24) is 19.4 Å². The Hall–Kier alpha value is -1.82. The third-order valence-electron chi connectivity index (χ3n) is 5.00. The van der Waals surface area contributed by atoms with Gasteiger partial charge in [0.15, 0.2) is 0 Å². The minimum atomic E-state index is 0.359. The van der Waals surface area contributed by atoms with Crippen LogP contribution in [0.4, 0.5) is 0 Å². The number of hydrogen-bond acceptors (Lipinski definition) is 3. The van der Waals surface area contributed by atoms with Crippen molar-refractivity contribution in [3.8, 4) is 11.4 Å². The standard InChI is InChI=1S/C19H23ClN4O/c1-2-14(12-23-7-9-25-10-8-23)24-13-21-11-17(24)19-18(20)15-5-3-4-6-16(15)22-19/h3-6,11,13-14,22H,2,7-10,12H2,1H3/t14-/m0/s1. The number of halogens is 1. The normalized spacial score (nSPS) is 17.2. The molecule has 0 bridgehead atoms. The van der Waals surface area contributed by atoms with Crippen LogP contribution in [0, 0.1) is 0 Å². The molecule has 3 heterocycles. The molecule has 1 saturated heterocycles. The van der Waals surface area contributed by atoms with Crippen LogP contribution in [-0.2, 0) is 4.74 Å². The third kappa shape index (κ3) is 3.19. The number of benzene rings is 1. The number of fused-ring (bicyclic) bond motifs is 1. The second-order valence-corrected chi connectivity index (χ2v) is 6.90. The van der Waals surface area contributed by atoms with Crippen LogP contribution >= 0.6 is 11.6 Å². The van der Waals surface area contributed by atoms with E-state index in [2.05, 4.69) is 32.4 Å². The Balaban J connectivity index is 1.67. The molecule has 3 aromatic rings. The average Bonchev–Trinajstić information content (AvgIpc) is 3.25. The largest absolute Gasteiger partial charge is 0.379 e. The first-order valence-electron chi connectivity index (χ1n) is 8.86. The molecular weight excluding hydrogens is 336 g/mol. The van der Waals surface area contributed by atoms with Crippen LogP contribution in [0.2, 0.25) is 5.02 Å². The zero-order valence-electron chi connectivity index (χ0n) is 14.4. The molecule has 25 heavy (non-hydrogen) atoms. The summed E-state index contributed by atoms with van der Waals surface area (Å²) in [4.78, 5) is 10.3. The highest BCUT2D eigenvalue weighted by Crippen LogP contribution is 2.35.